The van der Waals surface area contributed by atoms with Crippen LogP contribution in [0.2, 0.25) is 0 Å². The van der Waals surface area contributed by atoms with E-state index in [1.165, 1.54) is 0 Å². The summed E-state index contributed by atoms with van der Waals surface area (Å²) >= 11 is 1.71. The fraction of sp³-hybridized carbons (Fsp3) is 0.556. The van der Waals surface area contributed by atoms with Gasteiger partial charge in [0.05, 0.1) is 57.1 Å². The number of nitrogens with zero attached hydrogens (tertiary/aromatic N) is 2. The molecule has 3 amide bonds. The molecule has 5 nitrogen and oxygen atoms in total. The summed E-state index contributed by atoms with van der Waals surface area (Å²) in [4.78, 5) is 23.9. The number of rotatable bonds is 4. The molecule has 0 aliphatic heterocycles. The van der Waals surface area contributed by atoms with E-state index in [9.17, 15) is 9.59 Å². The fourth-order valence-corrected chi connectivity index (χ4v) is 1.16. The topological polar surface area (TPSA) is 49.4 Å². The molecule has 0 aromatic rings. The molecule has 0 aliphatic rings. The van der Waals surface area contributed by atoms with Crippen molar-refractivity contribution in [3.63, 3.8) is 0 Å². The van der Waals surface area contributed by atoms with Gasteiger partial charge >= 0.3 is 6.03 Å². The van der Waals surface area contributed by atoms with E-state index in [2.05, 4.69) is 10.1 Å². The molecule has 0 rings (SSSR count). The predicted octanol–water partition coefficient (Wildman–Crippen LogP) is 0.767. The van der Waals surface area contributed by atoms with E-state index >= 15 is 0 Å². The van der Waals surface area contributed by atoms with Crippen molar-refractivity contribution in [2.75, 3.05) is 34.2 Å². The van der Waals surface area contributed by atoms with Crippen molar-refractivity contribution in [1.29, 1.82) is 0 Å². The zero-order valence-electron chi connectivity index (χ0n) is 9.29. The Balaban J connectivity index is 4.46. The van der Waals surface area contributed by atoms with E-state index in [1.54, 1.807) is 22.9 Å². The third kappa shape index (κ3) is 5.73. The summed E-state index contributed by atoms with van der Waals surface area (Å²) in [5.74, 6) is -0.377. The second-order valence-corrected chi connectivity index (χ2v) is 4.65. The summed E-state index contributed by atoms with van der Waals surface area (Å²) in [5, 5.41) is 0. The molecule has 15 heavy (non-hydrogen) atoms. The molecule has 0 saturated heterocycles. The van der Waals surface area contributed by atoms with Crippen molar-refractivity contribution in [2.45, 2.75) is 0 Å². The Bertz CT molecular complexity index is 261. The lowest BCUT2D eigenvalue weighted by Crippen LogP contribution is -2.47. The third-order valence-corrected chi connectivity index (χ3v) is 2.22. The standard InChI is InChI=1S/C9H16IN3O2/c1-5-8(14)12(9(15)11-10)6-7-13(2,3)4/h5H,1,6-7H2,2-4H3/p+1. The average molecular weight is 326 g/mol. The Morgan fingerprint density at radius 2 is 2.00 bits per heavy atom. The van der Waals surface area contributed by atoms with Crippen LogP contribution in [0.5, 0.6) is 0 Å². The molecule has 0 heterocycles. The first-order chi connectivity index (χ1) is 6.81. The van der Waals surface area contributed by atoms with E-state index in [-0.39, 0.29) is 5.91 Å². The summed E-state index contributed by atoms with van der Waals surface area (Å²) in [6.07, 6.45) is 1.14. The Hall–Kier alpha value is -0.630. The number of urea groups is 1. The minimum atomic E-state index is -0.408. The van der Waals surface area contributed by atoms with Gasteiger partial charge < -0.3 is 4.48 Å². The molecule has 0 saturated carbocycles. The van der Waals surface area contributed by atoms with Gasteiger partial charge in [0.15, 0.2) is 0 Å². The SMILES string of the molecule is C=CC(=O)N(CC[N+](C)(C)C)C(=O)NI. The molecule has 6 heteroatoms. The van der Waals surface area contributed by atoms with E-state index in [0.717, 1.165) is 11.0 Å². The van der Waals surface area contributed by atoms with Crippen LogP contribution < -0.4 is 3.53 Å². The Morgan fingerprint density at radius 1 is 1.47 bits per heavy atom. The lowest BCUT2D eigenvalue weighted by atomic mass is 10.4. The van der Waals surface area contributed by atoms with Gasteiger partial charge in [-0.25, -0.2) is 4.79 Å². The number of imide groups is 1. The van der Waals surface area contributed by atoms with Gasteiger partial charge in [-0.3, -0.25) is 13.2 Å². The molecule has 0 atom stereocenters. The van der Waals surface area contributed by atoms with E-state index in [1.807, 2.05) is 21.1 Å². The Labute approximate surface area is 104 Å². The van der Waals surface area contributed by atoms with Crippen LogP contribution in [0.25, 0.3) is 0 Å². The van der Waals surface area contributed by atoms with Gasteiger partial charge in [-0.2, -0.15) is 0 Å². The Morgan fingerprint density at radius 3 is 2.33 bits per heavy atom. The first kappa shape index (κ1) is 14.4. The first-order valence-electron chi connectivity index (χ1n) is 4.47. The second kappa shape index (κ2) is 6.06. The van der Waals surface area contributed by atoms with Crippen LogP contribution in [0.3, 0.4) is 0 Å². The number of hydrogen-bond donors (Lipinski definition) is 1. The summed E-state index contributed by atoms with van der Waals surface area (Å²) < 4.78 is 3.09. The molecule has 0 unspecified atom stereocenters. The van der Waals surface area contributed by atoms with Crippen molar-refractivity contribution in [2.24, 2.45) is 0 Å². The van der Waals surface area contributed by atoms with Gasteiger partial charge in [0, 0.05) is 0 Å². The molecule has 0 aromatic heterocycles. The normalized spacial score (nSPS) is 10.7. The van der Waals surface area contributed by atoms with E-state index < -0.39 is 6.03 Å². The molecule has 86 valence electrons. The molecule has 1 N–H and O–H groups in total. The smallest absolute Gasteiger partial charge is 0.329 e. The van der Waals surface area contributed by atoms with Crippen molar-refractivity contribution >= 4 is 34.8 Å². The maximum Gasteiger partial charge on any atom is 0.333 e. The number of amides is 3. The van der Waals surface area contributed by atoms with Crippen LogP contribution in [0.15, 0.2) is 12.7 Å². The van der Waals surface area contributed by atoms with E-state index in [0.29, 0.717) is 17.6 Å². The second-order valence-electron chi connectivity index (χ2n) is 4.11. The molecule has 0 bridgehead atoms. The number of hydrogen-bond acceptors (Lipinski definition) is 2. The maximum absolute atomic E-state index is 11.4. The van der Waals surface area contributed by atoms with Crippen molar-refractivity contribution in [3.8, 4) is 0 Å². The highest BCUT2D eigenvalue weighted by molar-refractivity contribution is 14.1. The summed E-state index contributed by atoms with van der Waals surface area (Å²) in [7, 11) is 6.00. The maximum atomic E-state index is 11.4. The number of likely N-dealkylation sites (N-methyl/N-ethyl adjacent to an activating group) is 1. The highest BCUT2D eigenvalue weighted by Gasteiger charge is 2.20. The van der Waals surface area contributed by atoms with E-state index in [4.69, 9.17) is 0 Å². The zero-order chi connectivity index (χ0) is 12.1. The number of halogens is 1. The molecular weight excluding hydrogens is 309 g/mol. The van der Waals surface area contributed by atoms with Crippen LogP contribution in [0.1, 0.15) is 0 Å². The first-order valence-corrected chi connectivity index (χ1v) is 5.54. The van der Waals surface area contributed by atoms with Gasteiger partial charge in [0.2, 0.25) is 0 Å². The summed E-state index contributed by atoms with van der Waals surface area (Å²) in [6, 6.07) is -0.408. The lowest BCUT2D eigenvalue weighted by molar-refractivity contribution is -0.869. The predicted molar refractivity (Wildman–Crippen MR) is 67.4 cm³/mol. The largest absolute Gasteiger partial charge is 0.333 e. The molecular formula is C9H17IN3O2+. The van der Waals surface area contributed by atoms with Crippen LogP contribution >= 0.6 is 22.9 Å². The quantitative estimate of drug-likeness (QED) is 0.359. The summed E-state index contributed by atoms with van der Waals surface area (Å²) in [5.41, 5.74) is 0. The number of carbonyl (C=O) groups excluding carboxylic acids is 2. The van der Waals surface area contributed by atoms with Gasteiger partial charge in [-0.15, -0.1) is 0 Å². The van der Waals surface area contributed by atoms with Crippen LogP contribution in [-0.2, 0) is 4.79 Å². The minimum Gasteiger partial charge on any atom is -0.329 e. The zero-order valence-corrected chi connectivity index (χ0v) is 11.4. The lowest BCUT2D eigenvalue weighted by Gasteiger charge is -2.27. The monoisotopic (exact) mass is 326 g/mol. The Kier molecular flexibility index (Phi) is 5.81. The van der Waals surface area contributed by atoms with Crippen molar-refractivity contribution in [3.05, 3.63) is 12.7 Å². The van der Waals surface area contributed by atoms with Gasteiger partial charge in [-0.1, -0.05) is 6.58 Å². The number of carbonyl (C=O) groups is 2. The van der Waals surface area contributed by atoms with Crippen LogP contribution in [-0.4, -0.2) is 55.6 Å². The van der Waals surface area contributed by atoms with Crippen LogP contribution in [0.4, 0.5) is 4.79 Å². The highest BCUT2D eigenvalue weighted by Crippen LogP contribution is 1.98. The summed E-state index contributed by atoms with van der Waals surface area (Å²) in [6.45, 7) is 4.44. The number of nitrogens with one attached hydrogen (secondary N) is 1. The minimum absolute atomic E-state index is 0.377. The average Bonchev–Trinajstić information content (AvgIpc) is 2.15. The van der Waals surface area contributed by atoms with Gasteiger partial charge in [0.25, 0.3) is 5.91 Å². The van der Waals surface area contributed by atoms with Gasteiger partial charge in [0.1, 0.15) is 0 Å². The van der Waals surface area contributed by atoms with Crippen LogP contribution in [0, 0.1) is 0 Å². The molecule has 0 aliphatic carbocycles. The molecule has 0 radical (unpaired) electrons. The highest BCUT2D eigenvalue weighted by atomic mass is 127. The van der Waals surface area contributed by atoms with Crippen molar-refractivity contribution < 1.29 is 14.1 Å². The number of quaternary nitrogens is 1. The third-order valence-electron chi connectivity index (χ3n) is 1.76. The fourth-order valence-electron chi connectivity index (χ4n) is 0.873. The van der Waals surface area contributed by atoms with Crippen molar-refractivity contribution in [1.82, 2.24) is 8.43 Å². The molecule has 0 aromatic carbocycles. The molecule has 0 spiro atoms. The van der Waals surface area contributed by atoms with Gasteiger partial charge in [-0.05, 0) is 6.08 Å². The molecule has 0 fully saturated rings.